The highest BCUT2D eigenvalue weighted by molar-refractivity contribution is 6.33. The predicted molar refractivity (Wildman–Crippen MR) is 72.3 cm³/mol. The molecule has 0 atom stereocenters. The third kappa shape index (κ3) is 2.46. The SMILES string of the molecule is COc1ccc(C(=O)c2ccc(Cl)c(N)c2)cc1. The molecule has 2 aromatic carbocycles. The molecule has 0 bridgehead atoms. The van der Waals surface area contributed by atoms with Crippen LogP contribution in [0.25, 0.3) is 0 Å². The minimum absolute atomic E-state index is 0.0963. The summed E-state index contributed by atoms with van der Waals surface area (Å²) in [6, 6.07) is 11.8. The molecule has 18 heavy (non-hydrogen) atoms. The Bertz CT molecular complexity index is 579. The van der Waals surface area contributed by atoms with Gasteiger partial charge in [-0.1, -0.05) is 11.6 Å². The highest BCUT2D eigenvalue weighted by Gasteiger charge is 2.10. The van der Waals surface area contributed by atoms with Crippen molar-refractivity contribution < 1.29 is 9.53 Å². The van der Waals surface area contributed by atoms with Gasteiger partial charge < -0.3 is 10.5 Å². The monoisotopic (exact) mass is 261 g/mol. The summed E-state index contributed by atoms with van der Waals surface area (Å²) in [5.74, 6) is 0.614. The van der Waals surface area contributed by atoms with E-state index in [0.717, 1.165) is 0 Å². The van der Waals surface area contributed by atoms with Gasteiger partial charge >= 0.3 is 0 Å². The van der Waals surface area contributed by atoms with Crippen molar-refractivity contribution in [2.75, 3.05) is 12.8 Å². The van der Waals surface area contributed by atoms with E-state index < -0.39 is 0 Å². The molecule has 0 aliphatic carbocycles. The van der Waals surface area contributed by atoms with Crippen LogP contribution in [0.15, 0.2) is 42.5 Å². The number of methoxy groups -OCH3 is 1. The van der Waals surface area contributed by atoms with Crippen molar-refractivity contribution in [3.63, 3.8) is 0 Å². The van der Waals surface area contributed by atoms with Gasteiger partial charge in [-0.3, -0.25) is 4.79 Å². The normalized spacial score (nSPS) is 10.1. The molecule has 0 radical (unpaired) electrons. The van der Waals surface area contributed by atoms with Gasteiger partial charge in [-0.15, -0.1) is 0 Å². The maximum absolute atomic E-state index is 12.2. The largest absolute Gasteiger partial charge is 0.497 e. The summed E-state index contributed by atoms with van der Waals surface area (Å²) in [6.07, 6.45) is 0. The lowest BCUT2D eigenvalue weighted by molar-refractivity contribution is 0.103. The maximum atomic E-state index is 12.2. The number of benzene rings is 2. The Morgan fingerprint density at radius 2 is 1.72 bits per heavy atom. The lowest BCUT2D eigenvalue weighted by Gasteiger charge is -2.05. The Morgan fingerprint density at radius 1 is 1.11 bits per heavy atom. The Hall–Kier alpha value is -2.00. The lowest BCUT2D eigenvalue weighted by Crippen LogP contribution is -2.02. The van der Waals surface area contributed by atoms with E-state index in [-0.39, 0.29) is 5.78 Å². The second-order valence-electron chi connectivity index (χ2n) is 3.79. The van der Waals surface area contributed by atoms with Gasteiger partial charge in [0.1, 0.15) is 5.75 Å². The first-order valence-corrected chi connectivity index (χ1v) is 5.73. The van der Waals surface area contributed by atoms with Gasteiger partial charge in [0.05, 0.1) is 17.8 Å². The number of nitrogen functional groups attached to an aromatic ring is 1. The summed E-state index contributed by atoms with van der Waals surface area (Å²) in [6.45, 7) is 0. The quantitative estimate of drug-likeness (QED) is 0.682. The number of hydrogen-bond donors (Lipinski definition) is 1. The molecule has 3 nitrogen and oxygen atoms in total. The highest BCUT2D eigenvalue weighted by atomic mass is 35.5. The summed E-state index contributed by atoms with van der Waals surface area (Å²) in [5.41, 5.74) is 7.17. The molecule has 0 aromatic heterocycles. The number of rotatable bonds is 3. The molecular formula is C14H12ClNO2. The molecule has 0 fully saturated rings. The third-order valence-electron chi connectivity index (χ3n) is 2.61. The van der Waals surface area contributed by atoms with Crippen LogP contribution in [0, 0.1) is 0 Å². The Kier molecular flexibility index (Phi) is 3.53. The number of halogens is 1. The number of nitrogens with two attached hydrogens (primary N) is 1. The van der Waals surface area contributed by atoms with Crippen LogP contribution in [0.2, 0.25) is 5.02 Å². The lowest BCUT2D eigenvalue weighted by atomic mass is 10.0. The van der Waals surface area contributed by atoms with Gasteiger partial charge in [0.2, 0.25) is 0 Å². The summed E-state index contributed by atoms with van der Waals surface area (Å²) in [5, 5.41) is 0.446. The zero-order valence-electron chi connectivity index (χ0n) is 9.81. The van der Waals surface area contributed by atoms with Crippen LogP contribution in [-0.2, 0) is 0 Å². The van der Waals surface area contributed by atoms with Gasteiger partial charge in [-0.05, 0) is 42.5 Å². The highest BCUT2D eigenvalue weighted by Crippen LogP contribution is 2.22. The summed E-state index contributed by atoms with van der Waals surface area (Å²) in [7, 11) is 1.58. The van der Waals surface area contributed by atoms with E-state index in [1.165, 1.54) is 0 Å². The van der Waals surface area contributed by atoms with E-state index in [1.54, 1.807) is 49.6 Å². The van der Waals surface area contributed by atoms with Gasteiger partial charge in [-0.25, -0.2) is 0 Å². The number of ether oxygens (including phenoxy) is 1. The first-order valence-electron chi connectivity index (χ1n) is 5.35. The fraction of sp³-hybridized carbons (Fsp3) is 0.0714. The van der Waals surface area contributed by atoms with Crippen molar-refractivity contribution in [1.29, 1.82) is 0 Å². The number of carbonyl (C=O) groups excluding carboxylic acids is 1. The average molecular weight is 262 g/mol. The molecule has 4 heteroatoms. The molecular weight excluding hydrogens is 250 g/mol. The molecule has 2 rings (SSSR count). The number of ketones is 1. The van der Waals surface area contributed by atoms with Crippen LogP contribution >= 0.6 is 11.6 Å². The number of carbonyl (C=O) groups is 1. The van der Waals surface area contributed by atoms with Crippen molar-refractivity contribution in [1.82, 2.24) is 0 Å². The summed E-state index contributed by atoms with van der Waals surface area (Å²) < 4.78 is 5.04. The molecule has 0 aliphatic rings. The predicted octanol–water partition coefficient (Wildman–Crippen LogP) is 3.16. The second-order valence-corrected chi connectivity index (χ2v) is 4.20. The van der Waals surface area contributed by atoms with E-state index >= 15 is 0 Å². The minimum atomic E-state index is -0.0963. The molecule has 0 unspecified atom stereocenters. The molecule has 2 aromatic rings. The van der Waals surface area contributed by atoms with Gasteiger partial charge in [0.25, 0.3) is 0 Å². The zero-order chi connectivity index (χ0) is 13.1. The van der Waals surface area contributed by atoms with Crippen LogP contribution in [0.5, 0.6) is 5.75 Å². The average Bonchev–Trinajstić information content (AvgIpc) is 2.41. The maximum Gasteiger partial charge on any atom is 0.193 e. The first kappa shape index (κ1) is 12.5. The number of anilines is 1. The van der Waals surface area contributed by atoms with Crippen molar-refractivity contribution in [3.8, 4) is 5.75 Å². The molecule has 0 amide bonds. The molecule has 0 spiro atoms. The van der Waals surface area contributed by atoms with E-state index in [9.17, 15) is 4.79 Å². The van der Waals surface area contributed by atoms with E-state index in [0.29, 0.717) is 27.6 Å². The smallest absolute Gasteiger partial charge is 0.193 e. The van der Waals surface area contributed by atoms with Crippen molar-refractivity contribution in [2.45, 2.75) is 0 Å². The van der Waals surface area contributed by atoms with Crippen molar-refractivity contribution >= 4 is 23.1 Å². The number of hydrogen-bond acceptors (Lipinski definition) is 3. The fourth-order valence-electron chi connectivity index (χ4n) is 1.59. The zero-order valence-corrected chi connectivity index (χ0v) is 10.6. The van der Waals surface area contributed by atoms with E-state index in [4.69, 9.17) is 22.1 Å². The molecule has 92 valence electrons. The van der Waals surface area contributed by atoms with Gasteiger partial charge in [-0.2, -0.15) is 0 Å². The van der Waals surface area contributed by atoms with Crippen molar-refractivity contribution in [2.24, 2.45) is 0 Å². The van der Waals surface area contributed by atoms with Crippen molar-refractivity contribution in [3.05, 3.63) is 58.6 Å². The van der Waals surface area contributed by atoms with Gasteiger partial charge in [0, 0.05) is 11.1 Å². The molecule has 0 saturated carbocycles. The molecule has 0 heterocycles. The van der Waals surface area contributed by atoms with Crippen LogP contribution in [-0.4, -0.2) is 12.9 Å². The summed E-state index contributed by atoms with van der Waals surface area (Å²) in [4.78, 5) is 12.2. The molecule has 2 N–H and O–H groups in total. The summed E-state index contributed by atoms with van der Waals surface area (Å²) >= 11 is 5.82. The Balaban J connectivity index is 2.32. The van der Waals surface area contributed by atoms with E-state index in [2.05, 4.69) is 0 Å². The first-order chi connectivity index (χ1) is 8.61. The second kappa shape index (κ2) is 5.10. The fourth-order valence-corrected chi connectivity index (χ4v) is 1.71. The molecule has 0 saturated heterocycles. The standard InChI is InChI=1S/C14H12ClNO2/c1-18-11-5-2-9(3-6-11)14(17)10-4-7-12(15)13(16)8-10/h2-8H,16H2,1H3. The Morgan fingerprint density at radius 3 is 2.28 bits per heavy atom. The Labute approximate surface area is 110 Å². The van der Waals surface area contributed by atoms with Crippen LogP contribution in [0.3, 0.4) is 0 Å². The van der Waals surface area contributed by atoms with Crippen LogP contribution in [0.4, 0.5) is 5.69 Å². The minimum Gasteiger partial charge on any atom is -0.497 e. The van der Waals surface area contributed by atoms with Gasteiger partial charge in [0.15, 0.2) is 5.78 Å². The van der Waals surface area contributed by atoms with Crippen LogP contribution in [0.1, 0.15) is 15.9 Å². The molecule has 0 aliphatic heterocycles. The van der Waals surface area contributed by atoms with Crippen LogP contribution < -0.4 is 10.5 Å². The van der Waals surface area contributed by atoms with E-state index in [1.807, 2.05) is 0 Å². The topological polar surface area (TPSA) is 52.3 Å². The third-order valence-corrected chi connectivity index (χ3v) is 2.95.